The second kappa shape index (κ2) is 38.1. The fraction of sp³-hybridized carbons (Fsp3) is 0.592. The van der Waals surface area contributed by atoms with E-state index in [-0.39, 0.29) is 119 Å². The molecule has 1 saturated heterocycles. The van der Waals surface area contributed by atoms with Gasteiger partial charge in [-0.05, 0) is 76.5 Å². The highest BCUT2D eigenvalue weighted by Gasteiger charge is 2.39. The molecule has 418 valence electrons. The summed E-state index contributed by atoms with van der Waals surface area (Å²) in [5, 5.41) is 3.40. The SMILES string of the molecule is CC.CCN(C)CCNC(=O)c1c(C)[nH]c(/C=C2\C(=O)N(C(=O)OCCOCCN)c3ccc(F)cc32)c1C.COCCCC(=O)OCC(COC(=O)CCCOC)OCCCC(=O)ON1C(=O)CCC1=O.Cl.Cl. The molecule has 2 aliphatic rings. The van der Waals surface area contributed by atoms with Crippen LogP contribution in [0, 0.1) is 19.7 Å². The topological polar surface area (TPSA) is 274 Å². The van der Waals surface area contributed by atoms with Gasteiger partial charge in [-0.15, -0.1) is 29.9 Å². The summed E-state index contributed by atoms with van der Waals surface area (Å²) in [6.07, 6.45) is 1.45. The first-order chi connectivity index (χ1) is 34.6. The van der Waals surface area contributed by atoms with Crippen LogP contribution in [0.2, 0.25) is 0 Å². The zero-order valence-corrected chi connectivity index (χ0v) is 45.3. The van der Waals surface area contributed by atoms with Crippen molar-refractivity contribution >= 4 is 89.8 Å². The summed E-state index contributed by atoms with van der Waals surface area (Å²) in [4.78, 5) is 108. The summed E-state index contributed by atoms with van der Waals surface area (Å²) < 4.78 is 50.2. The molecule has 2 aliphatic heterocycles. The van der Waals surface area contributed by atoms with Gasteiger partial charge in [0.15, 0.2) is 0 Å². The summed E-state index contributed by atoms with van der Waals surface area (Å²) >= 11 is 0. The van der Waals surface area contributed by atoms with E-state index in [0.29, 0.717) is 79.9 Å². The van der Waals surface area contributed by atoms with Gasteiger partial charge in [0.1, 0.15) is 31.7 Å². The minimum atomic E-state index is -0.894. The molecule has 0 bridgehead atoms. The molecule has 0 spiro atoms. The Balaban J connectivity index is 0.00000137. The molecule has 1 fully saturated rings. The van der Waals surface area contributed by atoms with Crippen LogP contribution in [0.5, 0.6) is 0 Å². The Bertz CT molecular complexity index is 2100. The van der Waals surface area contributed by atoms with Crippen LogP contribution < -0.4 is 16.0 Å². The first kappa shape index (κ1) is 68.5. The third-order valence-electron chi connectivity index (χ3n) is 10.5. The number of likely N-dealkylation sites (N-methyl/N-ethyl adjacent to an activating group) is 1. The molecule has 1 aromatic carbocycles. The zero-order chi connectivity index (χ0) is 53.6. The number of carbonyl (C=O) groups is 8. The number of nitrogens with one attached hydrogen (secondary N) is 2. The third kappa shape index (κ3) is 23.3. The van der Waals surface area contributed by atoms with Crippen LogP contribution in [0.3, 0.4) is 0 Å². The highest BCUT2D eigenvalue weighted by molar-refractivity contribution is 6.41. The van der Waals surface area contributed by atoms with Crippen molar-refractivity contribution in [1.29, 1.82) is 0 Å². The minimum absolute atomic E-state index is 0. The maximum Gasteiger partial charge on any atom is 0.421 e. The number of hydrogen-bond acceptors (Lipinski definition) is 18. The van der Waals surface area contributed by atoms with Crippen LogP contribution in [-0.2, 0) is 66.8 Å². The first-order valence-electron chi connectivity index (χ1n) is 24.0. The smallest absolute Gasteiger partial charge is 0.421 e. The monoisotopic (exact) mass is 1090 g/mol. The number of rotatable bonds is 29. The fourth-order valence-electron chi connectivity index (χ4n) is 6.69. The number of aryl methyl sites for hydroxylation is 1. The lowest BCUT2D eigenvalue weighted by Crippen LogP contribution is -2.34. The Morgan fingerprint density at radius 1 is 0.838 bits per heavy atom. The maximum absolute atomic E-state index is 14.1. The van der Waals surface area contributed by atoms with Crippen molar-refractivity contribution in [2.24, 2.45) is 5.73 Å². The van der Waals surface area contributed by atoms with Crippen molar-refractivity contribution in [1.82, 2.24) is 20.3 Å². The molecular weight excluding hydrogens is 1020 g/mol. The minimum Gasteiger partial charge on any atom is -0.463 e. The number of halogens is 3. The lowest BCUT2D eigenvalue weighted by Gasteiger charge is -2.18. The molecular formula is C49H75Cl2FN6O16. The van der Waals surface area contributed by atoms with Gasteiger partial charge in [-0.3, -0.25) is 28.8 Å². The number of amides is 5. The number of anilines is 1. The molecule has 74 heavy (non-hydrogen) atoms. The summed E-state index contributed by atoms with van der Waals surface area (Å²) in [7, 11) is 5.04. The summed E-state index contributed by atoms with van der Waals surface area (Å²) in [5.41, 5.74) is 8.18. The number of methoxy groups -OCH3 is 2. The van der Waals surface area contributed by atoms with Crippen molar-refractivity contribution in [2.75, 3.05) is 105 Å². The van der Waals surface area contributed by atoms with E-state index in [2.05, 4.69) is 15.2 Å². The lowest BCUT2D eigenvalue weighted by atomic mass is 10.0. The van der Waals surface area contributed by atoms with Crippen molar-refractivity contribution < 1.29 is 80.7 Å². The summed E-state index contributed by atoms with van der Waals surface area (Å²) in [6, 6.07) is 3.72. The van der Waals surface area contributed by atoms with Gasteiger partial charge in [0.25, 0.3) is 23.6 Å². The number of fused-ring (bicyclic) bond motifs is 1. The van der Waals surface area contributed by atoms with Gasteiger partial charge in [-0.1, -0.05) is 20.8 Å². The number of aromatic amines is 1. The number of nitrogens with two attached hydrogens (primary N) is 1. The lowest BCUT2D eigenvalue weighted by molar-refractivity contribution is -0.197. The molecule has 0 aliphatic carbocycles. The summed E-state index contributed by atoms with van der Waals surface area (Å²) in [6.45, 7) is 13.0. The number of hydroxylamine groups is 2. The number of esters is 2. The van der Waals surface area contributed by atoms with Crippen LogP contribution in [0.15, 0.2) is 18.2 Å². The standard InChI is InChI=1S/C26H34FN5O5.C21H33NO11.C2H6.2ClH/c1-5-31(4)10-9-29-24(33)23-16(2)21(30-17(23)3)15-20-19-14-18(27)6-7-22(19)32(25(20)34)26(35)37-13-12-36-11-8-28;1-28-11-3-6-19(25)31-14-16(15-32-20(26)7-4-12-29-2)30-13-5-8-21(27)33-22-17(23)9-10-18(22)24;1-2;;/h6-7,14-15,30H,5,8-13,28H2,1-4H3,(H,29,33);16H,3-15H2,1-2H3;1-2H3;2*1H/b20-15-;;;;. The Hall–Kier alpha value is -5.53. The van der Waals surface area contributed by atoms with Crippen molar-refractivity contribution in [3.05, 3.63) is 52.1 Å². The van der Waals surface area contributed by atoms with Gasteiger partial charge in [0.2, 0.25) is 0 Å². The van der Waals surface area contributed by atoms with Crippen LogP contribution in [0.25, 0.3) is 11.6 Å². The molecule has 1 aromatic heterocycles. The molecule has 22 nitrogen and oxygen atoms in total. The number of nitrogens with zero attached hydrogens (tertiary/aromatic N) is 3. The van der Waals surface area contributed by atoms with Crippen molar-refractivity contribution in [2.45, 2.75) is 92.1 Å². The molecule has 4 N–H and O–H groups in total. The van der Waals surface area contributed by atoms with Gasteiger partial charge in [0.05, 0.1) is 36.5 Å². The Morgan fingerprint density at radius 3 is 1.99 bits per heavy atom. The molecule has 0 radical (unpaired) electrons. The number of aromatic nitrogens is 1. The number of carbonyl (C=O) groups excluding carboxylic acids is 8. The average Bonchev–Trinajstić information content (AvgIpc) is 3.94. The average molecular weight is 1090 g/mol. The maximum atomic E-state index is 14.1. The third-order valence-corrected chi connectivity index (χ3v) is 10.5. The van der Waals surface area contributed by atoms with Crippen LogP contribution >= 0.6 is 24.8 Å². The van der Waals surface area contributed by atoms with Gasteiger partial charge < -0.3 is 58.9 Å². The second-order valence-electron chi connectivity index (χ2n) is 15.9. The number of hydrogen-bond donors (Lipinski definition) is 3. The van der Waals surface area contributed by atoms with Crippen molar-refractivity contribution in [3.8, 4) is 0 Å². The number of benzene rings is 1. The molecule has 3 heterocycles. The van der Waals surface area contributed by atoms with Crippen LogP contribution in [0.4, 0.5) is 14.9 Å². The van der Waals surface area contributed by atoms with E-state index in [0.717, 1.165) is 11.4 Å². The highest BCUT2D eigenvalue weighted by Crippen LogP contribution is 2.39. The van der Waals surface area contributed by atoms with E-state index in [9.17, 15) is 42.7 Å². The van der Waals surface area contributed by atoms with Gasteiger partial charge in [-0.25, -0.2) is 18.9 Å². The Kier molecular flexibility index (Phi) is 35.2. The Labute approximate surface area is 444 Å². The fourth-order valence-corrected chi connectivity index (χ4v) is 6.69. The molecule has 2 aromatic rings. The first-order valence-corrected chi connectivity index (χ1v) is 24.0. The van der Waals surface area contributed by atoms with Gasteiger partial charge in [-0.2, -0.15) is 0 Å². The van der Waals surface area contributed by atoms with Crippen LogP contribution in [0.1, 0.15) is 105 Å². The molecule has 0 saturated carbocycles. The van der Waals surface area contributed by atoms with E-state index in [1.807, 2.05) is 27.8 Å². The van der Waals surface area contributed by atoms with E-state index in [1.54, 1.807) is 13.8 Å². The van der Waals surface area contributed by atoms with Crippen LogP contribution in [-0.4, -0.2) is 169 Å². The largest absolute Gasteiger partial charge is 0.463 e. The predicted octanol–water partition coefficient (Wildman–Crippen LogP) is 5.02. The number of imide groups is 2. The van der Waals surface area contributed by atoms with E-state index in [4.69, 9.17) is 43.7 Å². The van der Waals surface area contributed by atoms with Gasteiger partial charge >= 0.3 is 24.0 Å². The molecule has 25 heteroatoms. The van der Waals surface area contributed by atoms with E-state index < -0.39 is 53.6 Å². The summed E-state index contributed by atoms with van der Waals surface area (Å²) in [5.74, 6) is -4.16. The second-order valence-corrected chi connectivity index (χ2v) is 15.9. The van der Waals surface area contributed by atoms with Gasteiger partial charge in [0, 0.05) is 96.3 Å². The molecule has 0 unspecified atom stereocenters. The quantitative estimate of drug-likeness (QED) is 0.0317. The van der Waals surface area contributed by atoms with Crippen molar-refractivity contribution in [3.63, 3.8) is 0 Å². The van der Waals surface area contributed by atoms with E-state index >= 15 is 0 Å². The van der Waals surface area contributed by atoms with E-state index in [1.165, 1.54) is 38.5 Å². The highest BCUT2D eigenvalue weighted by atomic mass is 35.5. The number of H-pyrrole nitrogens is 1. The molecule has 5 amide bonds. The predicted molar refractivity (Wildman–Crippen MR) is 275 cm³/mol. The normalized spacial score (nSPS) is 13.1. The Morgan fingerprint density at radius 2 is 1.42 bits per heavy atom. The zero-order valence-electron chi connectivity index (χ0n) is 43.7. The molecule has 0 atom stereocenters. The molecule has 4 rings (SSSR count). The number of ether oxygens (including phenoxy) is 7.